The van der Waals surface area contributed by atoms with Gasteiger partial charge in [-0.15, -0.1) is 0 Å². The Morgan fingerprint density at radius 3 is 2.14 bits per heavy atom. The predicted molar refractivity (Wildman–Crippen MR) is 27.5 cm³/mol. The minimum absolute atomic E-state index is 0.500. The van der Waals surface area contributed by atoms with E-state index in [2.05, 4.69) is 0 Å². The molecule has 0 spiro atoms. The van der Waals surface area contributed by atoms with Gasteiger partial charge in [-0.25, -0.2) is 0 Å². The monoisotopic (exact) mass is 98.1 g/mol. The SMILES string of the molecule is C/C=C(\C)C([NH])=O. The van der Waals surface area contributed by atoms with Gasteiger partial charge < -0.3 is 0 Å². The molecule has 0 heterocycles. The Morgan fingerprint density at radius 2 is 2.14 bits per heavy atom. The summed E-state index contributed by atoms with van der Waals surface area (Å²) in [6, 6.07) is 0. The molecule has 0 bridgehead atoms. The minimum Gasteiger partial charge on any atom is -0.268 e. The van der Waals surface area contributed by atoms with Crippen LogP contribution in [0.1, 0.15) is 13.8 Å². The molecule has 0 aliphatic rings. The van der Waals surface area contributed by atoms with Crippen LogP contribution >= 0.6 is 0 Å². The Balaban J connectivity index is 3.82. The van der Waals surface area contributed by atoms with E-state index in [4.69, 9.17) is 5.73 Å². The fourth-order valence-corrected chi connectivity index (χ4v) is 0.131. The van der Waals surface area contributed by atoms with Crippen LogP contribution in [0.2, 0.25) is 0 Å². The predicted octanol–water partition coefficient (Wildman–Crippen LogP) is 0.762. The molecule has 0 saturated heterocycles. The Kier molecular flexibility index (Phi) is 2.12. The van der Waals surface area contributed by atoms with Gasteiger partial charge in [-0.3, -0.25) is 10.5 Å². The molecule has 1 N–H and O–H groups in total. The normalized spacial score (nSPS) is 11.4. The molecule has 2 nitrogen and oxygen atoms in total. The third kappa shape index (κ3) is 1.98. The number of carbonyl (C=O) groups is 1. The van der Waals surface area contributed by atoms with Crippen LogP contribution in [0.15, 0.2) is 11.6 Å². The summed E-state index contributed by atoms with van der Waals surface area (Å²) in [4.78, 5) is 9.97. The van der Waals surface area contributed by atoms with Crippen molar-refractivity contribution in [2.45, 2.75) is 13.8 Å². The number of rotatable bonds is 1. The lowest BCUT2D eigenvalue weighted by atomic mass is 10.3. The number of hydrogen-bond donors (Lipinski definition) is 0. The first-order chi connectivity index (χ1) is 3.18. The largest absolute Gasteiger partial charge is 0.268 e. The maximum absolute atomic E-state index is 9.97. The Bertz CT molecular complexity index is 105. The summed E-state index contributed by atoms with van der Waals surface area (Å²) < 4.78 is 0. The Morgan fingerprint density at radius 1 is 1.71 bits per heavy atom. The van der Waals surface area contributed by atoms with Crippen LogP contribution in [0.5, 0.6) is 0 Å². The lowest BCUT2D eigenvalue weighted by molar-refractivity contribution is -0.115. The van der Waals surface area contributed by atoms with E-state index in [1.165, 1.54) is 0 Å². The summed E-state index contributed by atoms with van der Waals surface area (Å²) in [6.45, 7) is 3.36. The molecule has 0 aromatic heterocycles. The quantitative estimate of drug-likeness (QED) is 0.446. The smallest absolute Gasteiger partial charge is 0.264 e. The number of allylic oxidation sites excluding steroid dienone is 1. The summed E-state index contributed by atoms with van der Waals surface area (Å²) in [5.41, 5.74) is 6.98. The molecule has 0 atom stereocenters. The first-order valence-electron chi connectivity index (χ1n) is 2.07. The zero-order valence-electron chi connectivity index (χ0n) is 4.49. The average Bonchev–Trinajstić information content (AvgIpc) is 1.65. The molecule has 1 radical (unpaired) electrons. The maximum Gasteiger partial charge on any atom is 0.264 e. The number of hydrogen-bond acceptors (Lipinski definition) is 1. The van der Waals surface area contributed by atoms with Crippen molar-refractivity contribution in [1.29, 1.82) is 0 Å². The summed E-state index contributed by atoms with van der Waals surface area (Å²) >= 11 is 0. The molecular formula is C5H8NO. The van der Waals surface area contributed by atoms with Crippen LogP contribution in [-0.2, 0) is 4.79 Å². The van der Waals surface area contributed by atoms with Crippen molar-refractivity contribution < 1.29 is 4.79 Å². The van der Waals surface area contributed by atoms with E-state index >= 15 is 0 Å². The molecule has 2 heteroatoms. The molecule has 0 saturated carbocycles. The zero-order valence-corrected chi connectivity index (χ0v) is 4.49. The van der Waals surface area contributed by atoms with E-state index in [1.807, 2.05) is 0 Å². The van der Waals surface area contributed by atoms with E-state index in [0.29, 0.717) is 5.57 Å². The molecule has 0 unspecified atom stereocenters. The molecule has 1 amide bonds. The molecule has 0 aromatic carbocycles. The van der Waals surface area contributed by atoms with Gasteiger partial charge in [0.1, 0.15) is 0 Å². The summed E-state index contributed by atoms with van der Waals surface area (Å²) in [5, 5.41) is 0. The minimum atomic E-state index is -0.595. The van der Waals surface area contributed by atoms with Gasteiger partial charge >= 0.3 is 0 Å². The van der Waals surface area contributed by atoms with Crippen LogP contribution in [0.4, 0.5) is 0 Å². The van der Waals surface area contributed by atoms with E-state index < -0.39 is 5.91 Å². The van der Waals surface area contributed by atoms with Crippen LogP contribution in [0.25, 0.3) is 0 Å². The molecule has 0 aliphatic heterocycles. The molecule has 7 heavy (non-hydrogen) atoms. The van der Waals surface area contributed by atoms with Crippen LogP contribution < -0.4 is 5.73 Å². The molecular weight excluding hydrogens is 90.1 g/mol. The highest BCUT2D eigenvalue weighted by Gasteiger charge is 1.91. The number of amides is 1. The van der Waals surface area contributed by atoms with Gasteiger partial charge in [-0.05, 0) is 13.8 Å². The lowest BCUT2D eigenvalue weighted by Crippen LogP contribution is -1.97. The van der Waals surface area contributed by atoms with Crippen molar-refractivity contribution in [3.05, 3.63) is 11.6 Å². The second-order valence-corrected chi connectivity index (χ2v) is 1.30. The fourth-order valence-electron chi connectivity index (χ4n) is 0.131. The topological polar surface area (TPSA) is 40.9 Å². The van der Waals surface area contributed by atoms with Crippen LogP contribution in [-0.4, -0.2) is 5.91 Å². The van der Waals surface area contributed by atoms with Gasteiger partial charge in [0.15, 0.2) is 0 Å². The van der Waals surface area contributed by atoms with Gasteiger partial charge in [0.05, 0.1) is 0 Å². The van der Waals surface area contributed by atoms with E-state index in [9.17, 15) is 4.79 Å². The van der Waals surface area contributed by atoms with Gasteiger partial charge in [0, 0.05) is 5.57 Å². The van der Waals surface area contributed by atoms with Gasteiger partial charge in [-0.2, -0.15) is 0 Å². The Labute approximate surface area is 43.0 Å². The first kappa shape index (κ1) is 6.21. The highest BCUT2D eigenvalue weighted by molar-refractivity contribution is 5.90. The van der Waals surface area contributed by atoms with Crippen LogP contribution in [0, 0.1) is 0 Å². The van der Waals surface area contributed by atoms with Gasteiger partial charge in [0.25, 0.3) is 5.91 Å². The number of carbonyl (C=O) groups excluding carboxylic acids is 1. The van der Waals surface area contributed by atoms with Crippen molar-refractivity contribution in [1.82, 2.24) is 5.73 Å². The second kappa shape index (κ2) is 2.39. The van der Waals surface area contributed by atoms with Crippen molar-refractivity contribution >= 4 is 5.91 Å². The van der Waals surface area contributed by atoms with Gasteiger partial charge in [-0.1, -0.05) is 6.08 Å². The summed E-state index contributed by atoms with van der Waals surface area (Å²) in [7, 11) is 0. The lowest BCUT2D eigenvalue weighted by Gasteiger charge is -1.83. The van der Waals surface area contributed by atoms with Crippen molar-refractivity contribution in [2.75, 3.05) is 0 Å². The van der Waals surface area contributed by atoms with Crippen LogP contribution in [0.3, 0.4) is 0 Å². The average molecular weight is 98.1 g/mol. The molecule has 0 fully saturated rings. The Hall–Kier alpha value is -0.790. The zero-order chi connectivity index (χ0) is 5.86. The molecule has 0 aliphatic carbocycles. The van der Waals surface area contributed by atoms with E-state index in [1.54, 1.807) is 19.9 Å². The second-order valence-electron chi connectivity index (χ2n) is 1.30. The van der Waals surface area contributed by atoms with E-state index in [0.717, 1.165) is 0 Å². The third-order valence-corrected chi connectivity index (χ3v) is 0.791. The third-order valence-electron chi connectivity index (χ3n) is 0.791. The summed E-state index contributed by atoms with van der Waals surface area (Å²) in [5.74, 6) is -0.595. The van der Waals surface area contributed by atoms with Crippen molar-refractivity contribution in [3.8, 4) is 0 Å². The summed E-state index contributed by atoms with van der Waals surface area (Å²) in [6.07, 6.45) is 1.62. The molecule has 0 rings (SSSR count). The van der Waals surface area contributed by atoms with Crippen molar-refractivity contribution in [3.63, 3.8) is 0 Å². The maximum atomic E-state index is 9.97. The van der Waals surface area contributed by atoms with Gasteiger partial charge in [0.2, 0.25) is 0 Å². The molecule has 39 valence electrons. The molecule has 0 aromatic rings. The first-order valence-corrected chi connectivity index (χ1v) is 2.07. The highest BCUT2D eigenvalue weighted by Crippen LogP contribution is 1.87. The fraction of sp³-hybridized carbons (Fsp3) is 0.400. The standard InChI is InChI=1S/C5H8NO/c1-3-4(2)5(6)7/h3,6H,1-2H3/b4-3+. The highest BCUT2D eigenvalue weighted by atomic mass is 16.1. The van der Waals surface area contributed by atoms with E-state index in [-0.39, 0.29) is 0 Å². The number of nitrogens with one attached hydrogen (secondary N) is 1. The van der Waals surface area contributed by atoms with Crippen molar-refractivity contribution in [2.24, 2.45) is 0 Å².